The Labute approximate surface area is 180 Å². The zero-order chi connectivity index (χ0) is 22.1. The number of carbonyl (C=O) groups is 3. The van der Waals surface area contributed by atoms with Crippen LogP contribution >= 0.6 is 0 Å². The standard InChI is InChI=1S/C24H36N2O4/c1-18(27)7-12-23(29)26-15-13-20(14-16-26)25-22(28)6-5-17-30-21-10-8-19(9-11-21)24(2,3)4/h8-11,20H,5-7,12-17H2,1-4H3,(H,25,28). The van der Waals surface area contributed by atoms with Gasteiger partial charge in [-0.1, -0.05) is 32.9 Å². The van der Waals surface area contributed by atoms with Gasteiger partial charge < -0.3 is 19.7 Å². The Hall–Kier alpha value is -2.37. The normalized spacial score (nSPS) is 15.0. The zero-order valence-electron chi connectivity index (χ0n) is 18.8. The van der Waals surface area contributed by atoms with Crippen LogP contribution in [0.3, 0.4) is 0 Å². The van der Waals surface area contributed by atoms with E-state index in [1.807, 2.05) is 12.1 Å². The number of likely N-dealkylation sites (tertiary alicyclic amines) is 1. The largest absolute Gasteiger partial charge is 0.494 e. The van der Waals surface area contributed by atoms with Gasteiger partial charge in [-0.3, -0.25) is 9.59 Å². The van der Waals surface area contributed by atoms with Gasteiger partial charge in [0.1, 0.15) is 11.5 Å². The number of Topliss-reactive ketones (excluding diaryl/α,β-unsaturated/α-hetero) is 1. The third-order valence-electron chi connectivity index (χ3n) is 5.44. The van der Waals surface area contributed by atoms with E-state index in [4.69, 9.17) is 4.74 Å². The predicted molar refractivity (Wildman–Crippen MR) is 118 cm³/mol. The molecule has 2 rings (SSSR count). The van der Waals surface area contributed by atoms with Crippen molar-refractivity contribution in [3.05, 3.63) is 29.8 Å². The summed E-state index contributed by atoms with van der Waals surface area (Å²) < 4.78 is 5.75. The van der Waals surface area contributed by atoms with Crippen molar-refractivity contribution in [2.75, 3.05) is 19.7 Å². The first-order valence-corrected chi connectivity index (χ1v) is 10.9. The second-order valence-corrected chi connectivity index (χ2v) is 9.15. The van der Waals surface area contributed by atoms with Crippen molar-refractivity contribution in [3.8, 4) is 5.75 Å². The van der Waals surface area contributed by atoms with E-state index < -0.39 is 0 Å². The molecule has 1 aliphatic rings. The van der Waals surface area contributed by atoms with Crippen LogP contribution in [0.2, 0.25) is 0 Å². The maximum absolute atomic E-state index is 12.2. The first kappa shape index (κ1) is 23.9. The molecule has 0 radical (unpaired) electrons. The van der Waals surface area contributed by atoms with Gasteiger partial charge in [0.05, 0.1) is 6.61 Å². The van der Waals surface area contributed by atoms with E-state index in [2.05, 4.69) is 38.2 Å². The highest BCUT2D eigenvalue weighted by Crippen LogP contribution is 2.24. The molecule has 166 valence electrons. The van der Waals surface area contributed by atoms with Crippen LogP contribution < -0.4 is 10.1 Å². The van der Waals surface area contributed by atoms with Crippen molar-refractivity contribution < 1.29 is 19.1 Å². The summed E-state index contributed by atoms with van der Waals surface area (Å²) in [5, 5.41) is 3.06. The van der Waals surface area contributed by atoms with Gasteiger partial charge in [0.2, 0.25) is 11.8 Å². The van der Waals surface area contributed by atoms with E-state index in [9.17, 15) is 14.4 Å². The van der Waals surface area contributed by atoms with Crippen LogP contribution in [0, 0.1) is 0 Å². The Morgan fingerprint density at radius 3 is 2.23 bits per heavy atom. The number of ketones is 1. The molecule has 0 aromatic heterocycles. The fourth-order valence-corrected chi connectivity index (χ4v) is 3.49. The summed E-state index contributed by atoms with van der Waals surface area (Å²) >= 11 is 0. The lowest BCUT2D eigenvalue weighted by Gasteiger charge is -2.32. The Bertz CT molecular complexity index is 714. The van der Waals surface area contributed by atoms with Crippen molar-refractivity contribution >= 4 is 17.6 Å². The molecule has 0 unspecified atom stereocenters. The summed E-state index contributed by atoms with van der Waals surface area (Å²) in [7, 11) is 0. The third-order valence-corrected chi connectivity index (χ3v) is 5.44. The summed E-state index contributed by atoms with van der Waals surface area (Å²) in [4.78, 5) is 37.1. The third kappa shape index (κ3) is 8.17. The van der Waals surface area contributed by atoms with Crippen molar-refractivity contribution in [2.45, 2.75) is 77.7 Å². The van der Waals surface area contributed by atoms with Gasteiger partial charge in [-0.05, 0) is 49.3 Å². The molecule has 6 heteroatoms. The molecule has 0 saturated carbocycles. The smallest absolute Gasteiger partial charge is 0.223 e. The Balaban J connectivity index is 1.60. The number of hydrogen-bond donors (Lipinski definition) is 1. The predicted octanol–water partition coefficient (Wildman–Crippen LogP) is 3.62. The van der Waals surface area contributed by atoms with E-state index >= 15 is 0 Å². The molecule has 6 nitrogen and oxygen atoms in total. The van der Waals surface area contributed by atoms with Crippen molar-refractivity contribution in [1.29, 1.82) is 0 Å². The highest BCUT2D eigenvalue weighted by molar-refractivity contribution is 5.83. The Morgan fingerprint density at radius 2 is 1.67 bits per heavy atom. The summed E-state index contributed by atoms with van der Waals surface area (Å²) in [6.07, 6.45) is 3.19. The van der Waals surface area contributed by atoms with Crippen LogP contribution in [0.5, 0.6) is 5.75 Å². The molecule has 1 saturated heterocycles. The van der Waals surface area contributed by atoms with Crippen LogP contribution in [0.4, 0.5) is 0 Å². The van der Waals surface area contributed by atoms with Gasteiger partial charge in [-0.25, -0.2) is 0 Å². The molecule has 2 amide bonds. The molecule has 1 fully saturated rings. The molecule has 30 heavy (non-hydrogen) atoms. The quantitative estimate of drug-likeness (QED) is 0.624. The summed E-state index contributed by atoms with van der Waals surface area (Å²) in [6.45, 7) is 9.81. The number of ether oxygens (including phenoxy) is 1. The minimum absolute atomic E-state index is 0.0302. The van der Waals surface area contributed by atoms with E-state index in [1.54, 1.807) is 4.90 Å². The van der Waals surface area contributed by atoms with Crippen LogP contribution in [0.15, 0.2) is 24.3 Å². The van der Waals surface area contributed by atoms with Crippen LogP contribution in [0.1, 0.15) is 71.8 Å². The van der Waals surface area contributed by atoms with E-state index in [0.717, 1.165) is 18.6 Å². The molecule has 0 atom stereocenters. The van der Waals surface area contributed by atoms with Crippen molar-refractivity contribution in [1.82, 2.24) is 10.2 Å². The molecule has 1 aromatic carbocycles. The van der Waals surface area contributed by atoms with Gasteiger partial charge in [0.15, 0.2) is 0 Å². The number of amides is 2. The maximum atomic E-state index is 12.2. The lowest BCUT2D eigenvalue weighted by Crippen LogP contribution is -2.46. The van der Waals surface area contributed by atoms with Crippen LogP contribution in [0.25, 0.3) is 0 Å². The van der Waals surface area contributed by atoms with Crippen LogP contribution in [-0.2, 0) is 19.8 Å². The number of nitrogens with one attached hydrogen (secondary N) is 1. The fraction of sp³-hybridized carbons (Fsp3) is 0.625. The fourth-order valence-electron chi connectivity index (χ4n) is 3.49. The van der Waals surface area contributed by atoms with E-state index in [1.165, 1.54) is 12.5 Å². The van der Waals surface area contributed by atoms with Gasteiger partial charge in [-0.2, -0.15) is 0 Å². The second-order valence-electron chi connectivity index (χ2n) is 9.15. The van der Waals surface area contributed by atoms with Crippen molar-refractivity contribution in [2.24, 2.45) is 0 Å². The second kappa shape index (κ2) is 11.1. The SMILES string of the molecule is CC(=O)CCC(=O)N1CCC(NC(=O)CCCOc2ccc(C(C)(C)C)cc2)CC1. The maximum Gasteiger partial charge on any atom is 0.223 e. The minimum Gasteiger partial charge on any atom is -0.494 e. The van der Waals surface area contributed by atoms with Gasteiger partial charge in [0, 0.05) is 38.4 Å². The van der Waals surface area contributed by atoms with Gasteiger partial charge in [0.25, 0.3) is 0 Å². The highest BCUT2D eigenvalue weighted by atomic mass is 16.5. The van der Waals surface area contributed by atoms with E-state index in [0.29, 0.717) is 39.0 Å². The number of rotatable bonds is 9. The molecular formula is C24H36N2O4. The lowest BCUT2D eigenvalue weighted by molar-refractivity contribution is -0.134. The first-order chi connectivity index (χ1) is 14.1. The average molecular weight is 417 g/mol. The molecule has 1 aliphatic heterocycles. The molecule has 1 heterocycles. The minimum atomic E-state index is 0.0302. The van der Waals surface area contributed by atoms with Crippen molar-refractivity contribution in [3.63, 3.8) is 0 Å². The monoisotopic (exact) mass is 416 g/mol. The molecule has 0 bridgehead atoms. The van der Waals surface area contributed by atoms with Gasteiger partial charge >= 0.3 is 0 Å². The van der Waals surface area contributed by atoms with Gasteiger partial charge in [-0.15, -0.1) is 0 Å². The lowest BCUT2D eigenvalue weighted by atomic mass is 9.87. The summed E-state index contributed by atoms with van der Waals surface area (Å²) in [5.74, 6) is 0.923. The molecule has 1 aromatic rings. The Kier molecular flexibility index (Phi) is 8.88. The topological polar surface area (TPSA) is 75.7 Å². The number of nitrogens with zero attached hydrogens (tertiary/aromatic N) is 1. The van der Waals surface area contributed by atoms with Crippen LogP contribution in [-0.4, -0.2) is 48.2 Å². The summed E-state index contributed by atoms with van der Waals surface area (Å²) in [5.41, 5.74) is 1.38. The molecule has 1 N–H and O–H groups in total. The Morgan fingerprint density at radius 1 is 1.03 bits per heavy atom. The molecular weight excluding hydrogens is 380 g/mol. The molecule has 0 spiro atoms. The number of carbonyl (C=O) groups excluding carboxylic acids is 3. The number of piperidine rings is 1. The first-order valence-electron chi connectivity index (χ1n) is 10.9. The summed E-state index contributed by atoms with van der Waals surface area (Å²) in [6, 6.07) is 8.23. The average Bonchev–Trinajstić information content (AvgIpc) is 2.69. The van der Waals surface area contributed by atoms with E-state index in [-0.39, 0.29) is 35.5 Å². The number of benzene rings is 1. The number of hydrogen-bond acceptors (Lipinski definition) is 4. The zero-order valence-corrected chi connectivity index (χ0v) is 18.8. The molecule has 0 aliphatic carbocycles. The highest BCUT2D eigenvalue weighted by Gasteiger charge is 2.23.